The number of hydrogen-bond donors (Lipinski definition) is 0. The van der Waals surface area contributed by atoms with Crippen molar-refractivity contribution in [2.24, 2.45) is 0 Å². The number of rotatable bonds is 4. The first-order valence-electron chi connectivity index (χ1n) is 6.59. The highest BCUT2D eigenvalue weighted by molar-refractivity contribution is 5.60. The van der Waals surface area contributed by atoms with E-state index in [0.717, 1.165) is 13.3 Å². The normalized spacial score (nSPS) is 9.61. The van der Waals surface area contributed by atoms with E-state index in [2.05, 4.69) is 44.5 Å². The van der Waals surface area contributed by atoms with Gasteiger partial charge >= 0.3 is 0 Å². The molecule has 0 spiro atoms. The molecular weight excluding hydrogens is 226 g/mol. The molecule has 0 saturated heterocycles. The zero-order chi connectivity index (χ0) is 14.1. The number of hydrogen-bond acceptors (Lipinski definition) is 2. The molecule has 1 aromatic heterocycles. The lowest BCUT2D eigenvalue weighted by molar-refractivity contribution is -0.705. The number of carbonyl (C=O) groups is 1. The van der Waals surface area contributed by atoms with Gasteiger partial charge in [-0.05, 0) is 26.8 Å². The minimum atomic E-state index is -1.08. The average molecular weight is 251 g/mol. The molecule has 0 bridgehead atoms. The van der Waals surface area contributed by atoms with Crippen LogP contribution in [0.15, 0.2) is 12.3 Å². The summed E-state index contributed by atoms with van der Waals surface area (Å²) in [4.78, 5) is 8.89. The lowest BCUT2D eigenvalue weighted by atomic mass is 10.1. The largest absolute Gasteiger partial charge is 0.550 e. The Bertz CT molecular complexity index is 382. The zero-order valence-corrected chi connectivity index (χ0v) is 12.2. The molecule has 1 aromatic rings. The molecule has 1 rings (SSSR count). The van der Waals surface area contributed by atoms with Crippen LogP contribution in [0.3, 0.4) is 0 Å². The summed E-state index contributed by atoms with van der Waals surface area (Å²) in [6.07, 6.45) is 5.96. The van der Waals surface area contributed by atoms with E-state index in [4.69, 9.17) is 9.90 Å². The maximum Gasteiger partial charge on any atom is 0.183 e. The van der Waals surface area contributed by atoms with E-state index in [9.17, 15) is 0 Å². The summed E-state index contributed by atoms with van der Waals surface area (Å²) in [7, 11) is 0. The van der Waals surface area contributed by atoms with Crippen LogP contribution in [0, 0.1) is 13.8 Å². The average Bonchev–Trinajstić information content (AvgIpc) is 2.24. The molecule has 0 saturated carbocycles. The number of nitrogens with zero attached hydrogens (tertiary/aromatic N) is 1. The Morgan fingerprint density at radius 1 is 1.33 bits per heavy atom. The van der Waals surface area contributed by atoms with Crippen LogP contribution in [-0.2, 0) is 17.8 Å². The number of aliphatic carboxylic acids is 1. The Kier molecular flexibility index (Phi) is 8.01. The molecule has 18 heavy (non-hydrogen) atoms. The molecule has 0 aliphatic rings. The molecule has 102 valence electrons. The number of carbonyl (C=O) groups excluding carboxylic acids is 1. The van der Waals surface area contributed by atoms with E-state index < -0.39 is 5.97 Å². The molecule has 0 atom stereocenters. The van der Waals surface area contributed by atoms with Crippen molar-refractivity contribution < 1.29 is 14.5 Å². The molecular formula is C15H25NO2. The van der Waals surface area contributed by atoms with Gasteiger partial charge in [0.05, 0.1) is 0 Å². The van der Waals surface area contributed by atoms with Gasteiger partial charge in [0.1, 0.15) is 6.54 Å². The molecule has 0 amide bonds. The van der Waals surface area contributed by atoms with Crippen LogP contribution in [0.5, 0.6) is 0 Å². The second-order valence-electron chi connectivity index (χ2n) is 4.54. The van der Waals surface area contributed by atoms with Gasteiger partial charge in [-0.3, -0.25) is 0 Å². The fraction of sp³-hybridized carbons (Fsp3) is 0.600. The summed E-state index contributed by atoms with van der Waals surface area (Å²) < 4.78 is 2.42. The fourth-order valence-corrected chi connectivity index (χ4v) is 2.02. The second kappa shape index (κ2) is 8.67. The molecule has 0 aromatic carbocycles. The summed E-state index contributed by atoms with van der Waals surface area (Å²) in [5.41, 5.74) is 4.29. The van der Waals surface area contributed by atoms with Crippen LogP contribution in [0.2, 0.25) is 0 Å². The van der Waals surface area contributed by atoms with E-state index >= 15 is 0 Å². The number of aryl methyl sites for hydroxylation is 3. The second-order valence-corrected chi connectivity index (χ2v) is 4.54. The highest BCUT2D eigenvalue weighted by Crippen LogP contribution is 2.06. The lowest BCUT2D eigenvalue weighted by Gasteiger charge is -2.06. The summed E-state index contributed by atoms with van der Waals surface area (Å²) in [6.45, 7) is 11.0. The highest BCUT2D eigenvalue weighted by atomic mass is 16.4. The van der Waals surface area contributed by atoms with Crippen LogP contribution >= 0.6 is 0 Å². The first-order chi connectivity index (χ1) is 8.42. The van der Waals surface area contributed by atoms with E-state index in [1.54, 1.807) is 0 Å². The van der Waals surface area contributed by atoms with Crippen molar-refractivity contribution in [3.63, 3.8) is 0 Å². The molecule has 0 aliphatic carbocycles. The number of carboxylic acid groups (broad SMARTS) is 1. The van der Waals surface area contributed by atoms with Crippen LogP contribution in [0.25, 0.3) is 0 Å². The van der Waals surface area contributed by atoms with E-state index in [1.165, 1.54) is 36.2 Å². The van der Waals surface area contributed by atoms with Crippen molar-refractivity contribution in [2.75, 3.05) is 0 Å². The van der Waals surface area contributed by atoms with Crippen molar-refractivity contribution in [1.29, 1.82) is 0 Å². The third kappa shape index (κ3) is 6.38. The number of aromatic nitrogens is 1. The van der Waals surface area contributed by atoms with Gasteiger partial charge in [-0.25, -0.2) is 4.57 Å². The summed E-state index contributed by atoms with van der Waals surface area (Å²) in [5, 5.41) is 8.89. The topological polar surface area (TPSA) is 44.0 Å². The Morgan fingerprint density at radius 3 is 2.33 bits per heavy atom. The van der Waals surface area contributed by atoms with Gasteiger partial charge in [-0.2, -0.15) is 0 Å². The molecule has 0 N–H and O–H groups in total. The van der Waals surface area contributed by atoms with Crippen molar-refractivity contribution in [2.45, 2.75) is 60.4 Å². The smallest absolute Gasteiger partial charge is 0.183 e. The number of carboxylic acids is 1. The molecule has 3 nitrogen and oxygen atoms in total. The zero-order valence-electron chi connectivity index (χ0n) is 12.2. The lowest BCUT2D eigenvalue weighted by Crippen LogP contribution is -2.39. The monoisotopic (exact) mass is 251 g/mol. The molecule has 0 fully saturated rings. The Morgan fingerprint density at radius 2 is 1.89 bits per heavy atom. The van der Waals surface area contributed by atoms with Gasteiger partial charge in [0.2, 0.25) is 0 Å². The van der Waals surface area contributed by atoms with Crippen molar-refractivity contribution in [3.8, 4) is 0 Å². The highest BCUT2D eigenvalue weighted by Gasteiger charge is 2.11. The third-order valence-electron chi connectivity index (χ3n) is 2.69. The predicted octanol–water partition coefficient (Wildman–Crippen LogP) is 1.71. The first kappa shape index (κ1) is 16.6. The molecule has 0 aliphatic heterocycles. The summed E-state index contributed by atoms with van der Waals surface area (Å²) in [5.74, 6) is -1.08. The Hall–Kier alpha value is -1.38. The first-order valence-corrected chi connectivity index (χ1v) is 6.59. The summed E-state index contributed by atoms with van der Waals surface area (Å²) >= 11 is 0. The number of unbranched alkanes of at least 4 members (excludes halogenated alkanes) is 1. The SMILES string of the molecule is CC(=O)[O-].CCCC[n+]1cc(C)cc(C)c1CC. The van der Waals surface area contributed by atoms with Gasteiger partial charge < -0.3 is 9.90 Å². The van der Waals surface area contributed by atoms with Crippen LogP contribution in [0.4, 0.5) is 0 Å². The minimum Gasteiger partial charge on any atom is -0.550 e. The Labute approximate surface area is 110 Å². The van der Waals surface area contributed by atoms with Gasteiger partial charge in [0.25, 0.3) is 0 Å². The van der Waals surface area contributed by atoms with Crippen LogP contribution < -0.4 is 9.67 Å². The Balaban J connectivity index is 0.000000631. The van der Waals surface area contributed by atoms with Gasteiger partial charge in [-0.15, -0.1) is 0 Å². The maximum atomic E-state index is 8.89. The van der Waals surface area contributed by atoms with Gasteiger partial charge in [-0.1, -0.05) is 20.3 Å². The van der Waals surface area contributed by atoms with Gasteiger partial charge in [0.15, 0.2) is 11.9 Å². The fourth-order valence-electron chi connectivity index (χ4n) is 2.02. The van der Waals surface area contributed by atoms with Crippen molar-refractivity contribution in [3.05, 3.63) is 29.1 Å². The predicted molar refractivity (Wildman–Crippen MR) is 71.1 cm³/mol. The molecule has 0 radical (unpaired) electrons. The molecule has 3 heteroatoms. The minimum absolute atomic E-state index is 0.972. The van der Waals surface area contributed by atoms with Crippen molar-refractivity contribution in [1.82, 2.24) is 0 Å². The number of pyridine rings is 1. The van der Waals surface area contributed by atoms with Gasteiger partial charge in [0, 0.05) is 29.9 Å². The standard InChI is InChI=1S/C13H22N.C2H4O2/c1-5-7-8-14-10-11(3)9-12(4)13(14)6-2;1-2(3)4/h9-10H,5-8H2,1-4H3;1H3,(H,3,4)/q+1;/p-1. The van der Waals surface area contributed by atoms with Crippen molar-refractivity contribution >= 4 is 5.97 Å². The van der Waals surface area contributed by atoms with Crippen LogP contribution in [0.1, 0.15) is 50.4 Å². The third-order valence-corrected chi connectivity index (χ3v) is 2.69. The maximum absolute atomic E-state index is 8.89. The summed E-state index contributed by atoms with van der Waals surface area (Å²) in [6, 6.07) is 2.28. The van der Waals surface area contributed by atoms with Crippen LogP contribution in [-0.4, -0.2) is 5.97 Å². The van der Waals surface area contributed by atoms with E-state index in [1.807, 2.05) is 0 Å². The molecule has 0 unspecified atom stereocenters. The van der Waals surface area contributed by atoms with E-state index in [0.29, 0.717) is 0 Å². The molecule has 1 heterocycles. The quantitative estimate of drug-likeness (QED) is 0.765. The van der Waals surface area contributed by atoms with E-state index in [-0.39, 0.29) is 0 Å².